The maximum absolute atomic E-state index is 5.68. The van der Waals surface area contributed by atoms with Crippen molar-refractivity contribution in [2.75, 3.05) is 13.7 Å². The third-order valence-electron chi connectivity index (χ3n) is 2.31. The molecule has 0 saturated heterocycles. The maximum Gasteiger partial charge on any atom is 0.122 e. The van der Waals surface area contributed by atoms with Gasteiger partial charge in [0.2, 0.25) is 0 Å². The van der Waals surface area contributed by atoms with Gasteiger partial charge in [-0.15, -0.1) is 0 Å². The van der Waals surface area contributed by atoms with E-state index < -0.39 is 0 Å². The molecule has 0 bridgehead atoms. The third kappa shape index (κ3) is 3.04. The topological polar surface area (TPSA) is 21.3 Å². The van der Waals surface area contributed by atoms with Crippen LogP contribution in [0.25, 0.3) is 0 Å². The van der Waals surface area contributed by atoms with Crippen LogP contribution in [0.15, 0.2) is 18.2 Å². The normalized spacial score (nSPS) is 12.6. The number of benzene rings is 1. The zero-order valence-corrected chi connectivity index (χ0v) is 9.42. The Labute approximate surface area is 86.3 Å². The number of rotatable bonds is 4. The van der Waals surface area contributed by atoms with Gasteiger partial charge in [-0.2, -0.15) is 0 Å². The minimum Gasteiger partial charge on any atom is -0.492 e. The molecule has 1 aromatic carbocycles. The zero-order chi connectivity index (χ0) is 10.6. The molecular weight excluding hydrogens is 174 g/mol. The van der Waals surface area contributed by atoms with Crippen LogP contribution in [0.5, 0.6) is 5.75 Å². The molecule has 0 fully saturated rings. The van der Waals surface area contributed by atoms with Crippen molar-refractivity contribution in [3.05, 3.63) is 29.3 Å². The first-order valence-corrected chi connectivity index (χ1v) is 5.01. The molecule has 78 valence electrons. The van der Waals surface area contributed by atoms with Crippen molar-refractivity contribution in [1.82, 2.24) is 5.32 Å². The van der Waals surface area contributed by atoms with Gasteiger partial charge >= 0.3 is 0 Å². The summed E-state index contributed by atoms with van der Waals surface area (Å²) in [6, 6.07) is 6.63. The predicted octanol–water partition coefficient (Wildman–Crippen LogP) is 2.29. The van der Waals surface area contributed by atoms with Gasteiger partial charge in [0.25, 0.3) is 0 Å². The van der Waals surface area contributed by atoms with Gasteiger partial charge in [-0.05, 0) is 39.4 Å². The smallest absolute Gasteiger partial charge is 0.122 e. The minimum atomic E-state index is 0.385. The third-order valence-corrected chi connectivity index (χ3v) is 2.31. The van der Waals surface area contributed by atoms with Gasteiger partial charge in [-0.1, -0.05) is 17.7 Å². The molecule has 0 aliphatic rings. The Hall–Kier alpha value is -1.02. The maximum atomic E-state index is 5.68. The Kier molecular flexibility index (Phi) is 3.96. The second-order valence-electron chi connectivity index (χ2n) is 3.77. The highest BCUT2D eigenvalue weighted by molar-refractivity contribution is 5.35. The summed E-state index contributed by atoms with van der Waals surface area (Å²) in [5.74, 6) is 0.984. The number of hydrogen-bond acceptors (Lipinski definition) is 2. The molecule has 14 heavy (non-hydrogen) atoms. The van der Waals surface area contributed by atoms with Crippen LogP contribution in [-0.4, -0.2) is 19.7 Å². The molecule has 0 amide bonds. The van der Waals surface area contributed by atoms with E-state index in [1.165, 1.54) is 11.1 Å². The molecule has 1 N–H and O–H groups in total. The number of ether oxygens (including phenoxy) is 1. The fraction of sp³-hybridized carbons (Fsp3) is 0.500. The summed E-state index contributed by atoms with van der Waals surface area (Å²) in [6.45, 7) is 6.98. The largest absolute Gasteiger partial charge is 0.492 e. The standard InChI is InChI=1S/C12H19NO/c1-9-5-6-12(10(2)7-9)14-8-11(3)13-4/h5-7,11,13H,8H2,1-4H3. The number of aryl methyl sites for hydroxylation is 2. The summed E-state index contributed by atoms with van der Waals surface area (Å²) in [6.07, 6.45) is 0. The molecular formula is C12H19NO. The average molecular weight is 193 g/mol. The van der Waals surface area contributed by atoms with E-state index in [0.717, 1.165) is 5.75 Å². The first kappa shape index (κ1) is 11.1. The molecule has 0 aliphatic carbocycles. The molecule has 1 atom stereocenters. The Morgan fingerprint density at radius 1 is 1.36 bits per heavy atom. The van der Waals surface area contributed by atoms with Crippen LogP contribution in [0.4, 0.5) is 0 Å². The SMILES string of the molecule is CNC(C)COc1ccc(C)cc1C. The van der Waals surface area contributed by atoms with Gasteiger partial charge < -0.3 is 10.1 Å². The molecule has 0 heterocycles. The number of nitrogens with one attached hydrogen (secondary N) is 1. The van der Waals surface area contributed by atoms with Gasteiger partial charge in [0, 0.05) is 6.04 Å². The molecule has 1 rings (SSSR count). The van der Waals surface area contributed by atoms with Crippen LogP contribution in [0, 0.1) is 13.8 Å². The lowest BCUT2D eigenvalue weighted by Gasteiger charge is -2.13. The highest BCUT2D eigenvalue weighted by atomic mass is 16.5. The monoisotopic (exact) mass is 193 g/mol. The van der Waals surface area contributed by atoms with Crippen molar-refractivity contribution in [1.29, 1.82) is 0 Å². The predicted molar refractivity (Wildman–Crippen MR) is 59.9 cm³/mol. The molecule has 2 heteroatoms. The van der Waals surface area contributed by atoms with Crippen LogP contribution < -0.4 is 10.1 Å². The Balaban J connectivity index is 2.59. The fourth-order valence-electron chi connectivity index (χ4n) is 1.26. The van der Waals surface area contributed by atoms with Crippen molar-refractivity contribution in [2.45, 2.75) is 26.8 Å². The Morgan fingerprint density at radius 2 is 2.07 bits per heavy atom. The highest BCUT2D eigenvalue weighted by Crippen LogP contribution is 2.18. The van der Waals surface area contributed by atoms with Crippen LogP contribution in [-0.2, 0) is 0 Å². The van der Waals surface area contributed by atoms with E-state index in [0.29, 0.717) is 12.6 Å². The summed E-state index contributed by atoms with van der Waals surface area (Å²) in [5, 5.41) is 3.14. The molecule has 0 aromatic heterocycles. The van der Waals surface area contributed by atoms with E-state index in [2.05, 4.69) is 38.2 Å². The van der Waals surface area contributed by atoms with Gasteiger partial charge in [0.15, 0.2) is 0 Å². The van der Waals surface area contributed by atoms with Crippen LogP contribution in [0.3, 0.4) is 0 Å². The lowest BCUT2D eigenvalue weighted by atomic mass is 10.1. The Morgan fingerprint density at radius 3 is 2.64 bits per heavy atom. The van der Waals surface area contributed by atoms with Crippen molar-refractivity contribution in [3.63, 3.8) is 0 Å². The summed E-state index contributed by atoms with van der Waals surface area (Å²) >= 11 is 0. The van der Waals surface area contributed by atoms with Crippen molar-refractivity contribution < 1.29 is 4.74 Å². The first-order chi connectivity index (χ1) is 6.63. The number of hydrogen-bond donors (Lipinski definition) is 1. The quantitative estimate of drug-likeness (QED) is 0.792. The summed E-state index contributed by atoms with van der Waals surface area (Å²) < 4.78 is 5.68. The zero-order valence-electron chi connectivity index (χ0n) is 9.42. The highest BCUT2D eigenvalue weighted by Gasteiger charge is 2.02. The van der Waals surface area contributed by atoms with Gasteiger partial charge in [-0.25, -0.2) is 0 Å². The van der Waals surface area contributed by atoms with Crippen molar-refractivity contribution in [2.24, 2.45) is 0 Å². The number of likely N-dealkylation sites (N-methyl/N-ethyl adjacent to an activating group) is 1. The van der Waals surface area contributed by atoms with E-state index >= 15 is 0 Å². The lowest BCUT2D eigenvalue weighted by Crippen LogP contribution is -2.28. The van der Waals surface area contributed by atoms with Crippen LogP contribution in [0.1, 0.15) is 18.1 Å². The van der Waals surface area contributed by atoms with E-state index in [4.69, 9.17) is 4.74 Å². The average Bonchev–Trinajstić information content (AvgIpc) is 2.16. The molecule has 1 aromatic rings. The molecule has 0 radical (unpaired) electrons. The molecule has 0 saturated carbocycles. The van der Waals surface area contributed by atoms with Gasteiger partial charge in [-0.3, -0.25) is 0 Å². The first-order valence-electron chi connectivity index (χ1n) is 5.01. The van der Waals surface area contributed by atoms with E-state index in [9.17, 15) is 0 Å². The van der Waals surface area contributed by atoms with Gasteiger partial charge in [0.1, 0.15) is 12.4 Å². The van der Waals surface area contributed by atoms with Crippen LogP contribution >= 0.6 is 0 Å². The van der Waals surface area contributed by atoms with E-state index in [1.54, 1.807) is 0 Å². The fourth-order valence-corrected chi connectivity index (χ4v) is 1.26. The van der Waals surface area contributed by atoms with E-state index in [1.807, 2.05) is 13.1 Å². The molecule has 0 aliphatic heterocycles. The lowest BCUT2D eigenvalue weighted by molar-refractivity contribution is 0.278. The second-order valence-corrected chi connectivity index (χ2v) is 3.77. The van der Waals surface area contributed by atoms with Crippen molar-refractivity contribution >= 4 is 0 Å². The Bertz CT molecular complexity index is 296. The van der Waals surface area contributed by atoms with Crippen LogP contribution in [0.2, 0.25) is 0 Å². The molecule has 0 spiro atoms. The summed E-state index contributed by atoms with van der Waals surface area (Å²) in [4.78, 5) is 0. The van der Waals surface area contributed by atoms with E-state index in [-0.39, 0.29) is 0 Å². The minimum absolute atomic E-state index is 0.385. The summed E-state index contributed by atoms with van der Waals surface area (Å²) in [5.41, 5.74) is 2.48. The second kappa shape index (κ2) is 5.01. The van der Waals surface area contributed by atoms with Crippen molar-refractivity contribution in [3.8, 4) is 5.75 Å². The molecule has 2 nitrogen and oxygen atoms in total. The molecule has 1 unspecified atom stereocenters. The summed E-state index contributed by atoms with van der Waals surface area (Å²) in [7, 11) is 1.94. The van der Waals surface area contributed by atoms with Gasteiger partial charge in [0.05, 0.1) is 0 Å².